The third-order valence-electron chi connectivity index (χ3n) is 6.38. The molecule has 2 aromatic rings. The van der Waals surface area contributed by atoms with Gasteiger partial charge in [0.25, 0.3) is 11.6 Å². The first kappa shape index (κ1) is 21.7. The lowest BCUT2D eigenvalue weighted by Gasteiger charge is -2.34. The standard InChI is InChI=1S/C23H24FN3O5/c1-32-21-9-5-3-7-16(21)23(29)26-19-8-4-2-6-14(19)12-20(26)22(28)25-18-13-15(27(30)31)10-11-17(18)24/h3,5,7,9-11,13-14,19-20H,2,4,6,8,12H2,1H3,(H,25,28). The first-order valence-corrected chi connectivity index (χ1v) is 10.6. The highest BCUT2D eigenvalue weighted by Gasteiger charge is 2.48. The number of amides is 2. The third-order valence-corrected chi connectivity index (χ3v) is 6.38. The number of ether oxygens (including phenoxy) is 1. The third kappa shape index (κ3) is 4.02. The zero-order valence-electron chi connectivity index (χ0n) is 17.6. The van der Waals surface area contributed by atoms with Crippen LogP contribution in [0.5, 0.6) is 5.75 Å². The normalized spacial score (nSPS) is 22.2. The molecule has 1 heterocycles. The van der Waals surface area contributed by atoms with Gasteiger partial charge in [-0.15, -0.1) is 0 Å². The van der Waals surface area contributed by atoms with E-state index >= 15 is 0 Å². The molecule has 1 aliphatic heterocycles. The van der Waals surface area contributed by atoms with E-state index < -0.39 is 22.7 Å². The molecule has 2 aliphatic rings. The summed E-state index contributed by atoms with van der Waals surface area (Å²) < 4.78 is 19.6. The number of benzene rings is 2. The average Bonchev–Trinajstić information content (AvgIpc) is 3.19. The molecule has 0 spiro atoms. The predicted octanol–water partition coefficient (Wildman–Crippen LogP) is 4.15. The van der Waals surface area contributed by atoms with Gasteiger partial charge in [-0.05, 0) is 43.4 Å². The van der Waals surface area contributed by atoms with Crippen LogP contribution in [0, 0.1) is 21.8 Å². The number of para-hydroxylation sites is 1. The Morgan fingerprint density at radius 3 is 2.69 bits per heavy atom. The molecular weight excluding hydrogens is 417 g/mol. The van der Waals surface area contributed by atoms with Crippen LogP contribution in [0.4, 0.5) is 15.8 Å². The summed E-state index contributed by atoms with van der Waals surface area (Å²) in [5.74, 6) is -1.05. The van der Waals surface area contributed by atoms with Crippen LogP contribution in [0.3, 0.4) is 0 Å². The van der Waals surface area contributed by atoms with Gasteiger partial charge >= 0.3 is 0 Å². The molecule has 3 unspecified atom stereocenters. The Hall–Kier alpha value is -3.49. The fourth-order valence-corrected chi connectivity index (χ4v) is 4.89. The molecule has 4 rings (SSSR count). The van der Waals surface area contributed by atoms with E-state index in [1.165, 1.54) is 7.11 Å². The number of hydrogen-bond donors (Lipinski definition) is 1. The van der Waals surface area contributed by atoms with Crippen molar-refractivity contribution in [1.29, 1.82) is 0 Å². The highest BCUT2D eigenvalue weighted by Crippen LogP contribution is 2.41. The lowest BCUT2D eigenvalue weighted by atomic mass is 9.84. The molecule has 32 heavy (non-hydrogen) atoms. The fourth-order valence-electron chi connectivity index (χ4n) is 4.89. The van der Waals surface area contributed by atoms with Crippen LogP contribution in [-0.4, -0.2) is 40.8 Å². The second-order valence-corrected chi connectivity index (χ2v) is 8.19. The molecule has 2 fully saturated rings. The molecule has 2 amide bonds. The van der Waals surface area contributed by atoms with Gasteiger partial charge in [0.15, 0.2) is 0 Å². The molecule has 0 bridgehead atoms. The molecule has 8 nitrogen and oxygen atoms in total. The summed E-state index contributed by atoms with van der Waals surface area (Å²) in [5.41, 5.74) is -0.243. The number of carbonyl (C=O) groups excluding carboxylic acids is 2. The summed E-state index contributed by atoms with van der Waals surface area (Å²) in [6.45, 7) is 0. The summed E-state index contributed by atoms with van der Waals surface area (Å²) in [7, 11) is 1.48. The van der Waals surface area contributed by atoms with Crippen molar-refractivity contribution in [1.82, 2.24) is 4.90 Å². The largest absolute Gasteiger partial charge is 0.496 e. The molecule has 1 aliphatic carbocycles. The number of non-ortho nitro benzene ring substituents is 1. The van der Waals surface area contributed by atoms with Crippen molar-refractivity contribution in [3.8, 4) is 5.75 Å². The summed E-state index contributed by atoms with van der Waals surface area (Å²) in [4.78, 5) is 38.8. The van der Waals surface area contributed by atoms with Crippen LogP contribution >= 0.6 is 0 Å². The number of hydrogen-bond acceptors (Lipinski definition) is 5. The van der Waals surface area contributed by atoms with Crippen molar-refractivity contribution in [2.75, 3.05) is 12.4 Å². The Bertz CT molecular complexity index is 1060. The fraction of sp³-hybridized carbons (Fsp3) is 0.391. The van der Waals surface area contributed by atoms with E-state index in [1.54, 1.807) is 29.2 Å². The van der Waals surface area contributed by atoms with Crippen LogP contribution in [-0.2, 0) is 4.79 Å². The van der Waals surface area contributed by atoms with Crippen LogP contribution in [0.15, 0.2) is 42.5 Å². The molecule has 2 aromatic carbocycles. The van der Waals surface area contributed by atoms with E-state index in [2.05, 4.69) is 5.32 Å². The molecule has 168 valence electrons. The van der Waals surface area contributed by atoms with Gasteiger partial charge in [0.05, 0.1) is 23.3 Å². The summed E-state index contributed by atoms with van der Waals surface area (Å²) in [6, 6.07) is 8.91. The first-order chi connectivity index (χ1) is 15.4. The van der Waals surface area contributed by atoms with Crippen molar-refractivity contribution in [3.63, 3.8) is 0 Å². The zero-order valence-corrected chi connectivity index (χ0v) is 17.6. The van der Waals surface area contributed by atoms with Gasteiger partial charge in [-0.1, -0.05) is 25.0 Å². The van der Waals surface area contributed by atoms with Gasteiger partial charge in [0.1, 0.15) is 17.6 Å². The summed E-state index contributed by atoms with van der Waals surface area (Å²) in [6.07, 6.45) is 4.17. The minimum absolute atomic E-state index is 0.0909. The Morgan fingerprint density at radius 2 is 1.94 bits per heavy atom. The molecule has 1 saturated heterocycles. The maximum Gasteiger partial charge on any atom is 0.271 e. The van der Waals surface area contributed by atoms with Crippen LogP contribution in [0.1, 0.15) is 42.5 Å². The number of nitrogens with zero attached hydrogens (tertiary/aromatic N) is 2. The Labute approximate surface area is 184 Å². The summed E-state index contributed by atoms with van der Waals surface area (Å²) in [5, 5.41) is 13.5. The van der Waals surface area contributed by atoms with Crippen molar-refractivity contribution in [2.24, 2.45) is 5.92 Å². The molecular formula is C23H24FN3O5. The van der Waals surface area contributed by atoms with Gasteiger partial charge in [0.2, 0.25) is 5.91 Å². The van der Waals surface area contributed by atoms with Gasteiger partial charge in [-0.3, -0.25) is 19.7 Å². The van der Waals surface area contributed by atoms with Gasteiger partial charge < -0.3 is 15.0 Å². The Kier molecular flexibility index (Phi) is 6.07. The van der Waals surface area contributed by atoms with E-state index in [-0.39, 0.29) is 29.2 Å². The van der Waals surface area contributed by atoms with E-state index in [1.807, 2.05) is 0 Å². The van der Waals surface area contributed by atoms with Crippen LogP contribution < -0.4 is 10.1 Å². The number of fused-ring (bicyclic) bond motifs is 1. The number of nitrogens with one attached hydrogen (secondary N) is 1. The first-order valence-electron chi connectivity index (χ1n) is 10.6. The van der Waals surface area contributed by atoms with Crippen molar-refractivity contribution >= 4 is 23.2 Å². The lowest BCUT2D eigenvalue weighted by molar-refractivity contribution is -0.384. The number of nitro benzene ring substituents is 1. The summed E-state index contributed by atoms with van der Waals surface area (Å²) >= 11 is 0. The molecule has 3 atom stereocenters. The van der Waals surface area contributed by atoms with Gasteiger partial charge in [-0.2, -0.15) is 0 Å². The molecule has 1 saturated carbocycles. The van der Waals surface area contributed by atoms with Crippen molar-refractivity contribution in [2.45, 2.75) is 44.2 Å². The second-order valence-electron chi connectivity index (χ2n) is 8.19. The molecule has 0 aromatic heterocycles. The van der Waals surface area contributed by atoms with Crippen LogP contribution in [0.2, 0.25) is 0 Å². The second kappa shape index (κ2) is 8.94. The van der Waals surface area contributed by atoms with E-state index in [0.717, 1.165) is 43.9 Å². The van der Waals surface area contributed by atoms with E-state index in [4.69, 9.17) is 4.74 Å². The number of methoxy groups -OCH3 is 1. The number of anilines is 1. The smallest absolute Gasteiger partial charge is 0.271 e. The number of carbonyl (C=O) groups is 2. The maximum atomic E-state index is 14.3. The van der Waals surface area contributed by atoms with E-state index in [9.17, 15) is 24.1 Å². The number of likely N-dealkylation sites (tertiary alicyclic amines) is 1. The number of rotatable bonds is 5. The van der Waals surface area contributed by atoms with E-state index in [0.29, 0.717) is 17.7 Å². The minimum Gasteiger partial charge on any atom is -0.496 e. The van der Waals surface area contributed by atoms with Crippen molar-refractivity contribution < 1.29 is 23.6 Å². The predicted molar refractivity (Wildman–Crippen MR) is 115 cm³/mol. The topological polar surface area (TPSA) is 102 Å². The zero-order chi connectivity index (χ0) is 22.8. The quantitative estimate of drug-likeness (QED) is 0.555. The lowest BCUT2D eigenvalue weighted by Crippen LogP contribution is -2.48. The Morgan fingerprint density at radius 1 is 1.19 bits per heavy atom. The number of nitro groups is 1. The monoisotopic (exact) mass is 441 g/mol. The average molecular weight is 441 g/mol. The van der Waals surface area contributed by atoms with Crippen molar-refractivity contribution in [3.05, 3.63) is 64.0 Å². The van der Waals surface area contributed by atoms with Gasteiger partial charge in [-0.25, -0.2) is 4.39 Å². The maximum absolute atomic E-state index is 14.3. The minimum atomic E-state index is -0.806. The van der Waals surface area contributed by atoms with Crippen LogP contribution in [0.25, 0.3) is 0 Å². The number of halogens is 1. The molecule has 0 radical (unpaired) electrons. The molecule has 1 N–H and O–H groups in total. The highest BCUT2D eigenvalue weighted by molar-refractivity contribution is 6.03. The van der Waals surface area contributed by atoms with Gasteiger partial charge in [0, 0.05) is 18.2 Å². The molecule has 9 heteroatoms. The Balaban J connectivity index is 1.65. The SMILES string of the molecule is COc1ccccc1C(=O)N1C(C(=O)Nc2cc([N+](=O)[O-])ccc2F)CC2CCCCC21. The highest BCUT2D eigenvalue weighted by atomic mass is 19.1.